The minimum Gasteiger partial charge on any atom is -0.464 e. The predicted molar refractivity (Wildman–Crippen MR) is 212 cm³/mol. The highest BCUT2D eigenvalue weighted by molar-refractivity contribution is 7.10. The predicted octanol–water partition coefficient (Wildman–Crippen LogP) is 6.12. The van der Waals surface area contributed by atoms with Crippen molar-refractivity contribution in [2.75, 3.05) is 34.0 Å². The van der Waals surface area contributed by atoms with Crippen LogP contribution in [0, 0.1) is 23.2 Å². The maximum atomic E-state index is 14.1. The Hall–Kier alpha value is -4.17. The van der Waals surface area contributed by atoms with E-state index in [1.54, 1.807) is 20.4 Å². The van der Waals surface area contributed by atoms with Crippen LogP contribution in [0.25, 0.3) is 33.4 Å². The summed E-state index contributed by atoms with van der Waals surface area (Å²) in [5, 5.41) is 8.42. The number of methoxy groups -OCH3 is 2. The number of esters is 1. The van der Waals surface area contributed by atoms with Crippen LogP contribution >= 0.6 is 11.3 Å². The Morgan fingerprint density at radius 3 is 2.73 bits per heavy atom. The van der Waals surface area contributed by atoms with Crippen molar-refractivity contribution in [2.45, 2.75) is 91.5 Å². The molecule has 4 aromatic rings. The third kappa shape index (κ3) is 8.07. The van der Waals surface area contributed by atoms with Gasteiger partial charge in [-0.15, -0.1) is 11.3 Å². The van der Waals surface area contributed by atoms with Crippen LogP contribution in [0.15, 0.2) is 41.9 Å². The summed E-state index contributed by atoms with van der Waals surface area (Å²) in [7, 11) is 3.42. The van der Waals surface area contributed by atoms with E-state index in [-0.39, 0.29) is 48.7 Å². The molecule has 3 aliphatic rings. The molecule has 2 N–H and O–H groups in total. The fourth-order valence-corrected chi connectivity index (χ4v) is 9.09. The number of carbonyl (C=O) groups excluding carboxylic acids is 3. The minimum atomic E-state index is -0.840. The Balaban J connectivity index is 1.36. The van der Waals surface area contributed by atoms with Crippen LogP contribution in [-0.2, 0) is 48.0 Å². The fraction of sp³-hybridized carbons (Fsp3) is 0.548. The number of amides is 2. The number of nitrogens with one attached hydrogen (secondary N) is 2. The van der Waals surface area contributed by atoms with E-state index in [4.69, 9.17) is 24.2 Å². The normalized spacial score (nSPS) is 24.6. The molecule has 0 unspecified atom stereocenters. The summed E-state index contributed by atoms with van der Waals surface area (Å²) in [6.45, 7) is 12.3. The molecule has 13 heteroatoms. The van der Waals surface area contributed by atoms with E-state index in [1.165, 1.54) is 16.3 Å². The zero-order chi connectivity index (χ0) is 39.0. The lowest BCUT2D eigenvalue weighted by molar-refractivity contribution is -0.155. The number of ether oxygens (including phenoxy) is 3. The zero-order valence-electron chi connectivity index (χ0n) is 33.0. The maximum absolute atomic E-state index is 14.1. The standard InChI is InChI=1S/C42H54N6O6S/c1-24-25(2)36(24)39(49)45-32-20-35-44-33(22-55-35)27-13-14-34-29(19-27)30(21-42(4,5)23-54-41(51)31-12-9-17-48(46-31)40(32)50)38(47(34)16-10-18-52-6)28-11-8-15-43-37(28)26(3)53-7/h8,11,13-15,19,22,24-26,31-32,36,46H,9-10,12,16-18,20-21,23H2,1-7H3,(H,45,49)/t24-,25+,26-,31-,32-,36+/m0/s1. The van der Waals surface area contributed by atoms with Crippen molar-refractivity contribution in [3.63, 3.8) is 0 Å². The second kappa shape index (κ2) is 16.1. The third-order valence-electron chi connectivity index (χ3n) is 11.7. The van der Waals surface area contributed by atoms with Gasteiger partial charge in [0.25, 0.3) is 5.91 Å². The van der Waals surface area contributed by atoms with Gasteiger partial charge in [0.05, 0.1) is 34.8 Å². The summed E-state index contributed by atoms with van der Waals surface area (Å²) in [6, 6.07) is 9.03. The van der Waals surface area contributed by atoms with Gasteiger partial charge in [0.2, 0.25) is 5.91 Å². The summed E-state index contributed by atoms with van der Waals surface area (Å²) in [4.78, 5) is 51.1. The van der Waals surface area contributed by atoms with E-state index in [0.717, 1.165) is 56.1 Å². The first-order valence-electron chi connectivity index (χ1n) is 19.5. The first-order valence-corrected chi connectivity index (χ1v) is 20.4. The largest absolute Gasteiger partial charge is 0.464 e. The monoisotopic (exact) mass is 770 g/mol. The molecule has 294 valence electrons. The number of hydrazine groups is 1. The minimum absolute atomic E-state index is 0.118. The van der Waals surface area contributed by atoms with Gasteiger partial charge in [-0.3, -0.25) is 24.4 Å². The first-order chi connectivity index (χ1) is 26.4. The number of cyclic esters (lactones) is 1. The van der Waals surface area contributed by atoms with Gasteiger partial charge in [-0.25, -0.2) is 10.4 Å². The van der Waals surface area contributed by atoms with Crippen LogP contribution in [0.4, 0.5) is 0 Å². The van der Waals surface area contributed by atoms with Crippen molar-refractivity contribution in [3.05, 3.63) is 58.2 Å². The third-order valence-corrected chi connectivity index (χ3v) is 12.6. The van der Waals surface area contributed by atoms with E-state index >= 15 is 0 Å². The first kappa shape index (κ1) is 39.1. The summed E-state index contributed by atoms with van der Waals surface area (Å²) < 4.78 is 19.8. The SMILES string of the molecule is COCCCn1c(-c2cccnc2[C@H](C)OC)c2c3cc(ccc31)-c1csc(n1)C[C@H](NC(=O)[C@H]1[C@H](C)[C@@H]1C)C(=O)N1CCC[C@H](N1)C(=O)OCC(C)(C)C2. The molecule has 12 nitrogen and oxygen atoms in total. The molecule has 2 fully saturated rings. The maximum Gasteiger partial charge on any atom is 0.324 e. The smallest absolute Gasteiger partial charge is 0.324 e. The van der Waals surface area contributed by atoms with Crippen molar-refractivity contribution in [2.24, 2.45) is 23.2 Å². The van der Waals surface area contributed by atoms with E-state index in [0.29, 0.717) is 39.0 Å². The second-order valence-corrected chi connectivity index (χ2v) is 17.2. The second-order valence-electron chi connectivity index (χ2n) is 16.3. The fourth-order valence-electron chi connectivity index (χ4n) is 8.24. The Bertz CT molecular complexity index is 2050. The molecular formula is C42H54N6O6S. The zero-order valence-corrected chi connectivity index (χ0v) is 33.8. The van der Waals surface area contributed by atoms with Crippen LogP contribution in [0.3, 0.4) is 0 Å². The molecule has 0 radical (unpaired) electrons. The molecule has 1 saturated carbocycles. The topological polar surface area (TPSA) is 137 Å². The van der Waals surface area contributed by atoms with Gasteiger partial charge in [0.15, 0.2) is 0 Å². The number of aromatic nitrogens is 3. The van der Waals surface area contributed by atoms with E-state index in [9.17, 15) is 14.4 Å². The molecule has 1 aromatic carbocycles. The quantitative estimate of drug-likeness (QED) is 0.152. The van der Waals surface area contributed by atoms with Crippen molar-refractivity contribution in [3.8, 4) is 22.5 Å². The number of thiazole rings is 1. The molecule has 1 saturated heterocycles. The molecule has 7 rings (SSSR count). The molecule has 1 aliphatic carbocycles. The Morgan fingerprint density at radius 1 is 1.18 bits per heavy atom. The lowest BCUT2D eigenvalue weighted by Crippen LogP contribution is -2.60. The number of hydrogen-bond acceptors (Lipinski definition) is 10. The number of pyridine rings is 1. The van der Waals surface area contributed by atoms with Gasteiger partial charge in [-0.1, -0.05) is 33.8 Å². The van der Waals surface area contributed by atoms with Crippen molar-refractivity contribution in [1.82, 2.24) is 30.3 Å². The number of aryl methyl sites for hydroxylation is 1. The summed E-state index contributed by atoms with van der Waals surface area (Å²) in [5.74, 6) is -0.392. The van der Waals surface area contributed by atoms with Crippen LogP contribution in [-0.4, -0.2) is 83.4 Å². The van der Waals surface area contributed by atoms with Crippen molar-refractivity contribution >= 4 is 40.0 Å². The average Bonchev–Trinajstić information content (AvgIpc) is 3.45. The van der Waals surface area contributed by atoms with E-state index in [1.807, 2.05) is 18.4 Å². The van der Waals surface area contributed by atoms with Gasteiger partial charge in [-0.05, 0) is 74.3 Å². The number of hydrogen-bond donors (Lipinski definition) is 2. The average molecular weight is 771 g/mol. The van der Waals surface area contributed by atoms with Gasteiger partial charge in [-0.2, -0.15) is 0 Å². The van der Waals surface area contributed by atoms with Crippen LogP contribution < -0.4 is 10.7 Å². The molecule has 6 bridgehead atoms. The molecule has 6 atom stereocenters. The number of nitrogens with zero attached hydrogens (tertiary/aromatic N) is 4. The lowest BCUT2D eigenvalue weighted by Gasteiger charge is -2.35. The number of fused-ring (bicyclic) bond motifs is 6. The lowest BCUT2D eigenvalue weighted by atomic mass is 9.84. The van der Waals surface area contributed by atoms with Crippen LogP contribution in [0.2, 0.25) is 0 Å². The Kier molecular flexibility index (Phi) is 11.5. The van der Waals surface area contributed by atoms with Crippen LogP contribution in [0.5, 0.6) is 0 Å². The molecule has 2 aliphatic heterocycles. The molecule has 3 aromatic heterocycles. The molecule has 0 spiro atoms. The van der Waals surface area contributed by atoms with Crippen LogP contribution in [0.1, 0.15) is 76.3 Å². The van der Waals surface area contributed by atoms with E-state index in [2.05, 4.69) is 67.3 Å². The highest BCUT2D eigenvalue weighted by Gasteiger charge is 2.49. The number of benzene rings is 1. The molecule has 5 heterocycles. The van der Waals surface area contributed by atoms with Gasteiger partial charge < -0.3 is 24.1 Å². The highest BCUT2D eigenvalue weighted by Crippen LogP contribution is 2.46. The number of rotatable bonds is 9. The molecule has 2 amide bonds. The summed E-state index contributed by atoms with van der Waals surface area (Å²) in [6.07, 6.45) is 4.37. The van der Waals surface area contributed by atoms with Gasteiger partial charge >= 0.3 is 5.97 Å². The summed E-state index contributed by atoms with van der Waals surface area (Å²) >= 11 is 1.48. The van der Waals surface area contributed by atoms with Crippen molar-refractivity contribution < 1.29 is 28.6 Å². The van der Waals surface area contributed by atoms with Gasteiger partial charge in [0, 0.05) is 85.3 Å². The van der Waals surface area contributed by atoms with Crippen molar-refractivity contribution in [1.29, 1.82) is 0 Å². The molecule has 55 heavy (non-hydrogen) atoms. The number of carbonyl (C=O) groups is 3. The Morgan fingerprint density at radius 2 is 1.98 bits per heavy atom. The van der Waals surface area contributed by atoms with Gasteiger partial charge in [0.1, 0.15) is 12.1 Å². The molecular weight excluding hydrogens is 717 g/mol. The Labute approximate surface area is 327 Å². The highest BCUT2D eigenvalue weighted by atomic mass is 32.1. The van der Waals surface area contributed by atoms with E-state index < -0.39 is 23.5 Å². The summed E-state index contributed by atoms with van der Waals surface area (Å²) in [5.41, 5.74) is 9.55.